The molecule has 0 spiro atoms. The molecule has 0 unspecified atom stereocenters. The standard InChI is InChI=1S/C14H12N2O3/c15-7-10-2-1-3-11(6-10)8-16-9-12-4-5-19-13(12)14(17)18/h1-6,16H,8-9H2,(H,17,18). The van der Waals surface area contributed by atoms with Crippen LogP contribution in [0, 0.1) is 11.3 Å². The van der Waals surface area contributed by atoms with Gasteiger partial charge in [-0.25, -0.2) is 4.79 Å². The third-order valence-electron chi connectivity index (χ3n) is 2.64. The van der Waals surface area contributed by atoms with E-state index in [-0.39, 0.29) is 5.76 Å². The molecule has 0 amide bonds. The van der Waals surface area contributed by atoms with Crippen molar-refractivity contribution in [3.05, 3.63) is 59.0 Å². The van der Waals surface area contributed by atoms with Crippen molar-refractivity contribution in [2.75, 3.05) is 0 Å². The summed E-state index contributed by atoms with van der Waals surface area (Å²) >= 11 is 0. The van der Waals surface area contributed by atoms with E-state index in [0.717, 1.165) is 5.56 Å². The van der Waals surface area contributed by atoms with Gasteiger partial charge in [-0.05, 0) is 23.8 Å². The Labute approximate surface area is 110 Å². The van der Waals surface area contributed by atoms with Gasteiger partial charge in [0.05, 0.1) is 17.9 Å². The summed E-state index contributed by atoms with van der Waals surface area (Å²) < 4.78 is 4.88. The van der Waals surface area contributed by atoms with E-state index >= 15 is 0 Å². The molecule has 0 aliphatic rings. The molecule has 2 rings (SSSR count). The first-order valence-electron chi connectivity index (χ1n) is 5.70. The van der Waals surface area contributed by atoms with Crippen molar-refractivity contribution in [3.8, 4) is 6.07 Å². The lowest BCUT2D eigenvalue weighted by Crippen LogP contribution is -2.14. The normalized spacial score (nSPS) is 10.1. The number of nitrogens with zero attached hydrogens (tertiary/aromatic N) is 1. The molecule has 0 fully saturated rings. The summed E-state index contributed by atoms with van der Waals surface area (Å²) in [4.78, 5) is 10.8. The lowest BCUT2D eigenvalue weighted by atomic mass is 10.1. The van der Waals surface area contributed by atoms with Gasteiger partial charge in [0, 0.05) is 18.7 Å². The zero-order valence-electron chi connectivity index (χ0n) is 10.1. The number of nitriles is 1. The molecule has 1 aromatic carbocycles. The average molecular weight is 256 g/mol. The molecule has 2 aromatic rings. The average Bonchev–Trinajstić information content (AvgIpc) is 2.87. The molecule has 19 heavy (non-hydrogen) atoms. The van der Waals surface area contributed by atoms with Crippen molar-refractivity contribution in [3.63, 3.8) is 0 Å². The second kappa shape index (κ2) is 5.85. The number of furan rings is 1. The molecule has 0 aliphatic heterocycles. The monoisotopic (exact) mass is 256 g/mol. The molecule has 0 bridgehead atoms. The summed E-state index contributed by atoms with van der Waals surface area (Å²) in [5, 5.41) is 20.8. The molecule has 2 N–H and O–H groups in total. The van der Waals surface area contributed by atoms with Gasteiger partial charge in [0.1, 0.15) is 0 Å². The van der Waals surface area contributed by atoms with E-state index in [0.29, 0.717) is 24.2 Å². The largest absolute Gasteiger partial charge is 0.475 e. The summed E-state index contributed by atoms with van der Waals surface area (Å²) in [6, 6.07) is 11.0. The first-order valence-corrected chi connectivity index (χ1v) is 5.70. The fourth-order valence-corrected chi connectivity index (χ4v) is 1.75. The van der Waals surface area contributed by atoms with Gasteiger partial charge in [0.2, 0.25) is 5.76 Å². The van der Waals surface area contributed by atoms with Crippen LogP contribution in [0.15, 0.2) is 41.0 Å². The van der Waals surface area contributed by atoms with Crippen LogP contribution in [0.25, 0.3) is 0 Å². The Morgan fingerprint density at radius 1 is 1.37 bits per heavy atom. The molecular weight excluding hydrogens is 244 g/mol. The second-order valence-electron chi connectivity index (χ2n) is 4.00. The minimum atomic E-state index is -1.08. The predicted octanol–water partition coefficient (Wildman–Crippen LogP) is 2.14. The molecule has 0 atom stereocenters. The van der Waals surface area contributed by atoms with E-state index in [1.807, 2.05) is 12.1 Å². The van der Waals surface area contributed by atoms with Gasteiger partial charge in [-0.15, -0.1) is 0 Å². The van der Waals surface area contributed by atoms with Crippen LogP contribution >= 0.6 is 0 Å². The number of rotatable bonds is 5. The van der Waals surface area contributed by atoms with Crippen LogP contribution in [0.2, 0.25) is 0 Å². The summed E-state index contributed by atoms with van der Waals surface area (Å²) in [7, 11) is 0. The lowest BCUT2D eigenvalue weighted by Gasteiger charge is -2.04. The van der Waals surface area contributed by atoms with Crippen LogP contribution < -0.4 is 5.32 Å². The number of hydrogen-bond donors (Lipinski definition) is 2. The molecule has 0 saturated carbocycles. The number of hydrogen-bond acceptors (Lipinski definition) is 4. The van der Waals surface area contributed by atoms with Gasteiger partial charge in [-0.3, -0.25) is 0 Å². The maximum Gasteiger partial charge on any atom is 0.372 e. The highest BCUT2D eigenvalue weighted by Gasteiger charge is 2.12. The number of carbonyl (C=O) groups is 1. The Morgan fingerprint density at radius 3 is 2.95 bits per heavy atom. The second-order valence-corrected chi connectivity index (χ2v) is 4.00. The number of aromatic carboxylic acids is 1. The highest BCUT2D eigenvalue weighted by molar-refractivity contribution is 5.86. The number of nitrogens with one attached hydrogen (secondary N) is 1. The minimum absolute atomic E-state index is 0.0433. The van der Waals surface area contributed by atoms with E-state index < -0.39 is 5.97 Å². The van der Waals surface area contributed by atoms with Crippen molar-refractivity contribution >= 4 is 5.97 Å². The Balaban J connectivity index is 1.95. The van der Waals surface area contributed by atoms with E-state index in [2.05, 4.69) is 11.4 Å². The van der Waals surface area contributed by atoms with Crippen molar-refractivity contribution in [2.45, 2.75) is 13.1 Å². The van der Waals surface area contributed by atoms with E-state index in [1.54, 1.807) is 18.2 Å². The molecule has 1 aromatic heterocycles. The predicted molar refractivity (Wildman–Crippen MR) is 67.4 cm³/mol. The molecule has 5 heteroatoms. The first-order chi connectivity index (χ1) is 9.20. The van der Waals surface area contributed by atoms with E-state index in [9.17, 15) is 4.79 Å². The van der Waals surface area contributed by atoms with Crippen molar-refractivity contribution in [2.24, 2.45) is 0 Å². The lowest BCUT2D eigenvalue weighted by molar-refractivity contribution is 0.0660. The Hall–Kier alpha value is -2.58. The summed E-state index contributed by atoms with van der Waals surface area (Å²) in [6.07, 6.45) is 1.36. The third kappa shape index (κ3) is 3.21. The van der Waals surface area contributed by atoms with Crippen LogP contribution in [0.4, 0.5) is 0 Å². The van der Waals surface area contributed by atoms with Crippen LogP contribution in [0.5, 0.6) is 0 Å². The van der Waals surface area contributed by atoms with Gasteiger partial charge in [0.25, 0.3) is 0 Å². The molecule has 0 saturated heterocycles. The zero-order chi connectivity index (χ0) is 13.7. The molecule has 96 valence electrons. The third-order valence-corrected chi connectivity index (χ3v) is 2.64. The number of carboxylic acids is 1. The number of benzene rings is 1. The maximum absolute atomic E-state index is 10.8. The molecule has 0 radical (unpaired) electrons. The highest BCUT2D eigenvalue weighted by atomic mass is 16.4. The van der Waals surface area contributed by atoms with Gasteiger partial charge in [-0.2, -0.15) is 5.26 Å². The van der Waals surface area contributed by atoms with Gasteiger partial charge in [-0.1, -0.05) is 12.1 Å². The molecule has 1 heterocycles. The fourth-order valence-electron chi connectivity index (χ4n) is 1.75. The van der Waals surface area contributed by atoms with Crippen LogP contribution in [-0.4, -0.2) is 11.1 Å². The van der Waals surface area contributed by atoms with E-state index in [4.69, 9.17) is 14.8 Å². The quantitative estimate of drug-likeness (QED) is 0.855. The Kier molecular flexibility index (Phi) is 3.96. The van der Waals surface area contributed by atoms with Crippen LogP contribution in [-0.2, 0) is 13.1 Å². The Bertz CT molecular complexity index is 626. The highest BCUT2D eigenvalue weighted by Crippen LogP contribution is 2.10. The number of carboxylic acid groups (broad SMARTS) is 1. The molecular formula is C14H12N2O3. The van der Waals surface area contributed by atoms with Crippen molar-refractivity contribution in [1.82, 2.24) is 5.32 Å². The minimum Gasteiger partial charge on any atom is -0.475 e. The SMILES string of the molecule is N#Cc1cccc(CNCc2ccoc2C(=O)O)c1. The van der Waals surface area contributed by atoms with Crippen molar-refractivity contribution in [1.29, 1.82) is 5.26 Å². The summed E-state index contributed by atoms with van der Waals surface area (Å²) in [5.74, 6) is -1.12. The summed E-state index contributed by atoms with van der Waals surface area (Å²) in [6.45, 7) is 0.953. The van der Waals surface area contributed by atoms with Crippen LogP contribution in [0.1, 0.15) is 27.2 Å². The van der Waals surface area contributed by atoms with Gasteiger partial charge in [0.15, 0.2) is 0 Å². The smallest absolute Gasteiger partial charge is 0.372 e. The van der Waals surface area contributed by atoms with Gasteiger partial charge >= 0.3 is 5.97 Å². The maximum atomic E-state index is 10.8. The first kappa shape index (κ1) is 12.9. The topological polar surface area (TPSA) is 86.3 Å². The van der Waals surface area contributed by atoms with E-state index in [1.165, 1.54) is 6.26 Å². The van der Waals surface area contributed by atoms with Crippen LogP contribution in [0.3, 0.4) is 0 Å². The van der Waals surface area contributed by atoms with Gasteiger partial charge < -0.3 is 14.8 Å². The van der Waals surface area contributed by atoms with Crippen molar-refractivity contribution < 1.29 is 14.3 Å². The zero-order valence-corrected chi connectivity index (χ0v) is 10.1. The fraction of sp³-hybridized carbons (Fsp3) is 0.143. The molecule has 5 nitrogen and oxygen atoms in total. The Morgan fingerprint density at radius 2 is 2.21 bits per heavy atom. The summed E-state index contributed by atoms with van der Waals surface area (Å²) in [5.41, 5.74) is 2.18. The molecule has 0 aliphatic carbocycles.